The highest BCUT2D eigenvalue weighted by Crippen LogP contribution is 2.02. The van der Waals surface area contributed by atoms with Crippen LogP contribution in [-0.4, -0.2) is 68.4 Å². The Balaban J connectivity index is 2.21. The monoisotopic (exact) mass is 299 g/mol. The normalized spacial score (nSPS) is 17.3. The van der Waals surface area contributed by atoms with Gasteiger partial charge in [0.05, 0.1) is 32.3 Å². The van der Waals surface area contributed by atoms with E-state index in [1.54, 1.807) is 0 Å². The fourth-order valence-corrected chi connectivity index (χ4v) is 2.11. The van der Waals surface area contributed by atoms with Gasteiger partial charge in [-0.25, -0.2) is 0 Å². The van der Waals surface area contributed by atoms with Gasteiger partial charge in [-0.2, -0.15) is 0 Å². The number of rotatable bonds is 8. The van der Waals surface area contributed by atoms with Crippen molar-refractivity contribution >= 4 is 18.1 Å². The van der Waals surface area contributed by atoms with Crippen LogP contribution in [0, 0.1) is 5.92 Å². The van der Waals surface area contributed by atoms with Gasteiger partial charge in [-0.15, -0.1) is 0 Å². The Bertz CT molecular complexity index is 354. The summed E-state index contributed by atoms with van der Waals surface area (Å²) in [5.74, 6) is -0.224. The highest BCUT2D eigenvalue weighted by atomic mass is 16.5. The molecular formula is C14H25N3O4. The molecule has 120 valence electrons. The number of hydrogen-bond acceptors (Lipinski definition) is 5. The van der Waals surface area contributed by atoms with E-state index in [0.29, 0.717) is 25.6 Å². The topological polar surface area (TPSA) is 87.7 Å². The first kappa shape index (κ1) is 17.6. The second-order valence-electron chi connectivity index (χ2n) is 5.60. The van der Waals surface area contributed by atoms with Gasteiger partial charge in [0.25, 0.3) is 0 Å². The summed E-state index contributed by atoms with van der Waals surface area (Å²) in [7, 11) is 0. The molecule has 2 N–H and O–H groups in total. The molecule has 1 fully saturated rings. The Morgan fingerprint density at radius 3 is 2.48 bits per heavy atom. The molecule has 1 saturated heterocycles. The number of nitrogens with one attached hydrogen (secondary N) is 2. The SMILES string of the molecule is CC(C)CC(C=O)NC(=O)CNC(=O)CN1CCOCC1. The van der Waals surface area contributed by atoms with E-state index in [2.05, 4.69) is 10.6 Å². The van der Waals surface area contributed by atoms with Gasteiger partial charge in [-0.1, -0.05) is 13.8 Å². The van der Waals surface area contributed by atoms with Crippen LogP contribution >= 0.6 is 0 Å². The largest absolute Gasteiger partial charge is 0.379 e. The van der Waals surface area contributed by atoms with Crippen molar-refractivity contribution < 1.29 is 19.1 Å². The number of carbonyl (C=O) groups is 3. The van der Waals surface area contributed by atoms with Crippen molar-refractivity contribution in [1.82, 2.24) is 15.5 Å². The minimum absolute atomic E-state index is 0.106. The zero-order valence-corrected chi connectivity index (χ0v) is 12.8. The third-order valence-corrected chi connectivity index (χ3v) is 3.15. The van der Waals surface area contributed by atoms with Crippen LogP contribution in [0.1, 0.15) is 20.3 Å². The van der Waals surface area contributed by atoms with Gasteiger partial charge < -0.3 is 20.2 Å². The summed E-state index contributed by atoms with van der Waals surface area (Å²) >= 11 is 0. The molecule has 7 nitrogen and oxygen atoms in total. The number of hydrogen-bond donors (Lipinski definition) is 2. The molecule has 1 aliphatic rings. The Labute approximate surface area is 125 Å². The standard InChI is InChI=1S/C14H25N3O4/c1-11(2)7-12(10-18)16-13(19)8-15-14(20)9-17-3-5-21-6-4-17/h10-12H,3-9H2,1-2H3,(H,15,20)(H,16,19). The highest BCUT2D eigenvalue weighted by Gasteiger charge is 2.16. The first-order valence-corrected chi connectivity index (χ1v) is 7.32. The van der Waals surface area contributed by atoms with Crippen LogP contribution < -0.4 is 10.6 Å². The van der Waals surface area contributed by atoms with E-state index in [-0.39, 0.29) is 24.9 Å². The summed E-state index contributed by atoms with van der Waals surface area (Å²) in [5, 5.41) is 5.16. The summed E-state index contributed by atoms with van der Waals surface area (Å²) in [6.07, 6.45) is 1.32. The second-order valence-corrected chi connectivity index (χ2v) is 5.60. The van der Waals surface area contributed by atoms with Crippen molar-refractivity contribution in [2.24, 2.45) is 5.92 Å². The molecule has 2 amide bonds. The molecule has 1 unspecified atom stereocenters. The molecule has 7 heteroatoms. The number of nitrogens with zero attached hydrogens (tertiary/aromatic N) is 1. The summed E-state index contributed by atoms with van der Waals surface area (Å²) in [6.45, 7) is 6.82. The van der Waals surface area contributed by atoms with Crippen molar-refractivity contribution in [3.63, 3.8) is 0 Å². The van der Waals surface area contributed by atoms with Crippen LogP contribution in [0.4, 0.5) is 0 Å². The number of ether oxygens (including phenoxy) is 1. The molecule has 1 aliphatic heterocycles. The van der Waals surface area contributed by atoms with Crippen LogP contribution in [0.5, 0.6) is 0 Å². The van der Waals surface area contributed by atoms with E-state index >= 15 is 0 Å². The van der Waals surface area contributed by atoms with Gasteiger partial charge in [0.2, 0.25) is 11.8 Å². The van der Waals surface area contributed by atoms with Crippen molar-refractivity contribution in [2.75, 3.05) is 39.4 Å². The summed E-state index contributed by atoms with van der Waals surface area (Å²) < 4.78 is 5.20. The molecule has 0 spiro atoms. The maximum Gasteiger partial charge on any atom is 0.239 e. The maximum absolute atomic E-state index is 11.7. The molecule has 0 aromatic rings. The first-order chi connectivity index (χ1) is 10.0. The van der Waals surface area contributed by atoms with Crippen LogP contribution in [0.15, 0.2) is 0 Å². The van der Waals surface area contributed by atoms with Crippen LogP contribution in [0.25, 0.3) is 0 Å². The third kappa shape index (κ3) is 7.77. The Hall–Kier alpha value is -1.47. The first-order valence-electron chi connectivity index (χ1n) is 7.32. The Morgan fingerprint density at radius 1 is 1.24 bits per heavy atom. The predicted octanol–water partition coefficient (Wildman–Crippen LogP) is -0.835. The van der Waals surface area contributed by atoms with Gasteiger partial charge in [-0.05, 0) is 12.3 Å². The number of aldehydes is 1. The lowest BCUT2D eigenvalue weighted by Gasteiger charge is -2.25. The van der Waals surface area contributed by atoms with Gasteiger partial charge in [0.15, 0.2) is 0 Å². The van der Waals surface area contributed by atoms with Gasteiger partial charge >= 0.3 is 0 Å². The lowest BCUT2D eigenvalue weighted by molar-refractivity contribution is -0.128. The molecule has 0 aliphatic carbocycles. The Morgan fingerprint density at radius 2 is 1.90 bits per heavy atom. The van der Waals surface area contributed by atoms with Crippen LogP contribution in [0.3, 0.4) is 0 Å². The lowest BCUT2D eigenvalue weighted by atomic mass is 10.1. The highest BCUT2D eigenvalue weighted by molar-refractivity contribution is 5.86. The summed E-state index contributed by atoms with van der Waals surface area (Å²) in [6, 6.07) is -0.492. The second kappa shape index (κ2) is 9.46. The zero-order chi connectivity index (χ0) is 15.7. The average Bonchev–Trinajstić information content (AvgIpc) is 2.45. The number of amides is 2. The molecule has 0 aromatic carbocycles. The quantitative estimate of drug-likeness (QED) is 0.571. The number of morpholine rings is 1. The molecule has 0 saturated carbocycles. The summed E-state index contributed by atoms with van der Waals surface area (Å²) in [5.41, 5.74) is 0. The van der Waals surface area contributed by atoms with E-state index in [1.165, 1.54) is 0 Å². The Kier molecular flexibility index (Phi) is 7.92. The third-order valence-electron chi connectivity index (χ3n) is 3.15. The molecule has 1 rings (SSSR count). The van der Waals surface area contributed by atoms with Crippen molar-refractivity contribution in [2.45, 2.75) is 26.3 Å². The predicted molar refractivity (Wildman–Crippen MR) is 77.7 cm³/mol. The van der Waals surface area contributed by atoms with Crippen molar-refractivity contribution in [3.8, 4) is 0 Å². The smallest absolute Gasteiger partial charge is 0.239 e. The fraction of sp³-hybridized carbons (Fsp3) is 0.786. The maximum atomic E-state index is 11.7. The average molecular weight is 299 g/mol. The van der Waals surface area contributed by atoms with E-state index in [9.17, 15) is 14.4 Å². The zero-order valence-electron chi connectivity index (χ0n) is 12.8. The molecular weight excluding hydrogens is 274 g/mol. The molecule has 0 radical (unpaired) electrons. The van der Waals surface area contributed by atoms with Crippen molar-refractivity contribution in [3.05, 3.63) is 0 Å². The van der Waals surface area contributed by atoms with Crippen LogP contribution in [0.2, 0.25) is 0 Å². The molecule has 0 bridgehead atoms. The van der Waals surface area contributed by atoms with Gasteiger partial charge in [-0.3, -0.25) is 14.5 Å². The molecule has 1 heterocycles. The van der Waals surface area contributed by atoms with Crippen molar-refractivity contribution in [1.29, 1.82) is 0 Å². The molecule has 21 heavy (non-hydrogen) atoms. The van der Waals surface area contributed by atoms with Gasteiger partial charge in [0, 0.05) is 13.1 Å². The lowest BCUT2D eigenvalue weighted by Crippen LogP contribution is -2.47. The fourth-order valence-electron chi connectivity index (χ4n) is 2.11. The molecule has 0 aromatic heterocycles. The van der Waals surface area contributed by atoms with E-state index in [0.717, 1.165) is 19.4 Å². The van der Waals surface area contributed by atoms with Crippen LogP contribution in [-0.2, 0) is 19.1 Å². The molecule has 1 atom stereocenters. The van der Waals surface area contributed by atoms with E-state index in [4.69, 9.17) is 4.74 Å². The number of carbonyl (C=O) groups excluding carboxylic acids is 3. The van der Waals surface area contributed by atoms with Gasteiger partial charge in [0.1, 0.15) is 6.29 Å². The van der Waals surface area contributed by atoms with E-state index < -0.39 is 6.04 Å². The minimum Gasteiger partial charge on any atom is -0.379 e. The van der Waals surface area contributed by atoms with E-state index in [1.807, 2.05) is 18.7 Å². The summed E-state index contributed by atoms with van der Waals surface area (Å²) in [4.78, 5) is 36.2. The minimum atomic E-state index is -0.492.